The predicted octanol–water partition coefficient (Wildman–Crippen LogP) is 4.01. The van der Waals surface area contributed by atoms with Crippen molar-refractivity contribution >= 4 is 35.3 Å². The van der Waals surface area contributed by atoms with Crippen molar-refractivity contribution in [2.45, 2.75) is 25.7 Å². The smallest absolute Gasteiger partial charge is 0.419 e. The molecule has 2 N–H and O–H groups in total. The Hall–Kier alpha value is -2.87. The van der Waals surface area contributed by atoms with E-state index in [2.05, 4.69) is 6.58 Å². The highest BCUT2D eigenvalue weighted by Crippen LogP contribution is 2.35. The van der Waals surface area contributed by atoms with Crippen LogP contribution in [0.15, 0.2) is 35.9 Å². The van der Waals surface area contributed by atoms with Crippen LogP contribution >= 0.6 is 11.6 Å². The van der Waals surface area contributed by atoms with Gasteiger partial charge in [0.05, 0.1) is 10.7 Å². The first-order valence-electron chi connectivity index (χ1n) is 8.03. The van der Waals surface area contributed by atoms with Gasteiger partial charge >= 0.3 is 12.1 Å². The molecule has 0 fully saturated rings. The number of carbonyl (C=O) groups is 3. The largest absolute Gasteiger partial charge is 0.488 e. The second kappa shape index (κ2) is 8.68. The van der Waals surface area contributed by atoms with Crippen LogP contribution in [-0.2, 0) is 9.59 Å². The minimum Gasteiger partial charge on any atom is -0.488 e. The maximum absolute atomic E-state index is 14.4. The van der Waals surface area contributed by atoms with E-state index >= 15 is 0 Å². The van der Waals surface area contributed by atoms with Crippen molar-refractivity contribution in [3.8, 4) is 5.75 Å². The summed E-state index contributed by atoms with van der Waals surface area (Å²) in [5, 5.41) is 18.7. The summed E-state index contributed by atoms with van der Waals surface area (Å²) in [6, 6.07) is 1.81. The lowest BCUT2D eigenvalue weighted by atomic mass is 9.90. The minimum atomic E-state index is -1.75. The molecule has 2 rings (SSSR count). The normalized spacial score (nSPS) is 13.9. The van der Waals surface area contributed by atoms with Gasteiger partial charge in [0.15, 0.2) is 0 Å². The monoisotopic (exact) mass is 397 g/mol. The maximum atomic E-state index is 14.4. The second-order valence-electron chi connectivity index (χ2n) is 5.73. The van der Waals surface area contributed by atoms with Crippen molar-refractivity contribution in [1.29, 1.82) is 0 Å². The van der Waals surface area contributed by atoms with E-state index in [1.54, 1.807) is 0 Å². The molecule has 0 radical (unpaired) electrons. The standard InChI is InChI=1S/C18H17ClFNO6/c1-2-7-27-15-9-14(13(20)8-12(15)19)21(18(25)26)16(22)10-5-3-4-6-11(10)17(23)24/h2,8-9H,1,3-7H2,(H,23,24)(H,25,26). The van der Waals surface area contributed by atoms with Crippen LogP contribution in [0.1, 0.15) is 25.7 Å². The van der Waals surface area contributed by atoms with E-state index in [1.807, 2.05) is 0 Å². The lowest BCUT2D eigenvalue weighted by molar-refractivity contribution is -0.133. The molecule has 0 saturated carbocycles. The van der Waals surface area contributed by atoms with Gasteiger partial charge in [0.1, 0.15) is 18.2 Å². The highest BCUT2D eigenvalue weighted by molar-refractivity contribution is 6.32. The van der Waals surface area contributed by atoms with Crippen LogP contribution in [0.3, 0.4) is 0 Å². The average molecular weight is 398 g/mol. The van der Waals surface area contributed by atoms with Crippen molar-refractivity contribution in [3.63, 3.8) is 0 Å². The molecule has 0 atom stereocenters. The minimum absolute atomic E-state index is 0.0279. The quantitative estimate of drug-likeness (QED) is 0.703. The molecule has 2 amide bonds. The molecule has 27 heavy (non-hydrogen) atoms. The van der Waals surface area contributed by atoms with Gasteiger partial charge in [0.2, 0.25) is 0 Å². The number of nitrogens with zero attached hydrogens (tertiary/aromatic N) is 1. The van der Waals surface area contributed by atoms with E-state index in [1.165, 1.54) is 6.08 Å². The van der Waals surface area contributed by atoms with E-state index in [0.717, 1.165) is 12.1 Å². The third-order valence-corrected chi connectivity index (χ3v) is 4.27. The van der Waals surface area contributed by atoms with Crippen LogP contribution in [0.5, 0.6) is 5.75 Å². The number of carboxylic acid groups (broad SMARTS) is 2. The van der Waals surface area contributed by atoms with Crippen molar-refractivity contribution in [2.24, 2.45) is 0 Å². The molecule has 0 aromatic heterocycles. The summed E-state index contributed by atoms with van der Waals surface area (Å²) in [6.45, 7) is 3.49. The fourth-order valence-electron chi connectivity index (χ4n) is 2.76. The summed E-state index contributed by atoms with van der Waals surface area (Å²) in [5.74, 6) is -3.50. The van der Waals surface area contributed by atoms with Crippen molar-refractivity contribution in [1.82, 2.24) is 0 Å². The van der Waals surface area contributed by atoms with Crippen LogP contribution in [0.25, 0.3) is 0 Å². The van der Waals surface area contributed by atoms with Gasteiger partial charge in [-0.2, -0.15) is 0 Å². The van der Waals surface area contributed by atoms with Crippen molar-refractivity contribution < 1.29 is 33.7 Å². The van der Waals surface area contributed by atoms with Crippen LogP contribution in [0.2, 0.25) is 5.02 Å². The SMILES string of the molecule is C=CCOc1cc(N(C(=O)O)C(=O)C2=C(C(=O)O)CCCC2)c(F)cc1Cl. The number of aliphatic carboxylic acids is 1. The first kappa shape index (κ1) is 20.4. The number of ether oxygens (including phenoxy) is 1. The Balaban J connectivity index is 2.54. The van der Waals surface area contributed by atoms with E-state index < -0.39 is 29.5 Å². The molecular weight excluding hydrogens is 381 g/mol. The number of carbonyl (C=O) groups excluding carboxylic acids is 1. The van der Waals surface area contributed by atoms with E-state index in [-0.39, 0.29) is 46.3 Å². The first-order valence-corrected chi connectivity index (χ1v) is 8.41. The third-order valence-electron chi connectivity index (χ3n) is 3.98. The fraction of sp³-hybridized carbons (Fsp3) is 0.278. The summed E-state index contributed by atoms with van der Waals surface area (Å²) < 4.78 is 19.6. The van der Waals surface area contributed by atoms with Crippen molar-refractivity contribution in [2.75, 3.05) is 11.5 Å². The van der Waals surface area contributed by atoms with Crippen LogP contribution < -0.4 is 9.64 Å². The summed E-state index contributed by atoms with van der Waals surface area (Å²) in [4.78, 5) is 36.0. The van der Waals surface area contributed by atoms with E-state index in [0.29, 0.717) is 12.8 Å². The van der Waals surface area contributed by atoms with Gasteiger partial charge in [-0.3, -0.25) is 4.79 Å². The van der Waals surface area contributed by atoms with Crippen LogP contribution in [-0.4, -0.2) is 34.8 Å². The molecule has 7 nitrogen and oxygen atoms in total. The van der Waals surface area contributed by atoms with E-state index in [9.17, 15) is 29.0 Å². The van der Waals surface area contributed by atoms with Gasteiger partial charge in [0.25, 0.3) is 5.91 Å². The number of amides is 2. The van der Waals surface area contributed by atoms with Crippen LogP contribution in [0, 0.1) is 5.82 Å². The molecule has 1 aliphatic rings. The number of carboxylic acids is 1. The second-order valence-corrected chi connectivity index (χ2v) is 6.13. The van der Waals surface area contributed by atoms with Gasteiger partial charge in [-0.05, 0) is 31.7 Å². The fourth-order valence-corrected chi connectivity index (χ4v) is 2.97. The molecule has 0 saturated heterocycles. The third kappa shape index (κ3) is 4.46. The molecule has 0 aliphatic heterocycles. The van der Waals surface area contributed by atoms with Crippen LogP contribution in [0.4, 0.5) is 14.9 Å². The molecular formula is C18H17ClFNO6. The molecule has 144 valence electrons. The van der Waals surface area contributed by atoms with E-state index in [4.69, 9.17) is 16.3 Å². The van der Waals surface area contributed by atoms with Gasteiger partial charge < -0.3 is 14.9 Å². The Bertz CT molecular complexity index is 835. The van der Waals surface area contributed by atoms with Crippen molar-refractivity contribution in [3.05, 3.63) is 46.8 Å². The zero-order chi connectivity index (χ0) is 20.1. The first-order chi connectivity index (χ1) is 12.8. The zero-order valence-electron chi connectivity index (χ0n) is 14.2. The summed E-state index contributed by atoms with van der Waals surface area (Å²) in [7, 11) is 0. The average Bonchev–Trinajstić information content (AvgIpc) is 2.62. The molecule has 0 heterocycles. The van der Waals surface area contributed by atoms with Gasteiger partial charge in [-0.15, -0.1) is 0 Å². The molecule has 9 heteroatoms. The zero-order valence-corrected chi connectivity index (χ0v) is 15.0. The number of imide groups is 1. The highest BCUT2D eigenvalue weighted by atomic mass is 35.5. The number of hydrogen-bond acceptors (Lipinski definition) is 4. The molecule has 1 aromatic carbocycles. The van der Waals surface area contributed by atoms with Gasteiger partial charge in [-0.1, -0.05) is 24.3 Å². The Morgan fingerprint density at radius 2 is 1.85 bits per heavy atom. The molecule has 0 unspecified atom stereocenters. The Morgan fingerprint density at radius 1 is 1.22 bits per heavy atom. The lowest BCUT2D eigenvalue weighted by Crippen LogP contribution is -2.38. The molecule has 1 aliphatic carbocycles. The summed E-state index contributed by atoms with van der Waals surface area (Å²) >= 11 is 5.88. The number of anilines is 1. The highest BCUT2D eigenvalue weighted by Gasteiger charge is 2.33. The summed E-state index contributed by atoms with van der Waals surface area (Å²) in [6.07, 6.45) is 0.993. The Labute approximate surface area is 159 Å². The topological polar surface area (TPSA) is 104 Å². The summed E-state index contributed by atoms with van der Waals surface area (Å²) in [5.41, 5.74) is -0.909. The number of hydrogen-bond donors (Lipinski definition) is 2. The Morgan fingerprint density at radius 3 is 2.41 bits per heavy atom. The number of rotatable bonds is 6. The maximum Gasteiger partial charge on any atom is 0.419 e. The van der Waals surface area contributed by atoms with Gasteiger partial charge in [0, 0.05) is 17.2 Å². The number of halogens is 2. The molecule has 0 spiro atoms. The lowest BCUT2D eigenvalue weighted by Gasteiger charge is -2.23. The molecule has 1 aromatic rings. The number of benzene rings is 1. The van der Waals surface area contributed by atoms with Gasteiger partial charge in [-0.25, -0.2) is 18.9 Å². The molecule has 0 bridgehead atoms. The predicted molar refractivity (Wildman–Crippen MR) is 95.7 cm³/mol. The Kier molecular flexibility index (Phi) is 6.57.